The van der Waals surface area contributed by atoms with E-state index in [9.17, 15) is 9.59 Å². The average molecular weight is 385 g/mol. The summed E-state index contributed by atoms with van der Waals surface area (Å²) in [6.07, 6.45) is -0.639. The number of amides is 1. The quantitative estimate of drug-likeness (QED) is 0.695. The molecule has 1 N–H and O–H groups in total. The largest absolute Gasteiger partial charge is 0.481 e. The van der Waals surface area contributed by atoms with Gasteiger partial charge in [-0.05, 0) is 70.0 Å². The van der Waals surface area contributed by atoms with Gasteiger partial charge in [0.15, 0.2) is 6.10 Å². The van der Waals surface area contributed by atoms with Crippen LogP contribution in [0.1, 0.15) is 37.9 Å². The summed E-state index contributed by atoms with van der Waals surface area (Å²) in [5, 5.41) is 2.88. The lowest BCUT2D eigenvalue weighted by Crippen LogP contribution is -2.30. The normalized spacial score (nSPS) is 12.4. The molecule has 0 aliphatic rings. The highest BCUT2D eigenvalue weighted by Gasteiger charge is 2.17. The van der Waals surface area contributed by atoms with E-state index < -0.39 is 6.10 Å². The van der Waals surface area contributed by atoms with Crippen LogP contribution in [-0.4, -0.2) is 16.6 Å². The smallest absolute Gasteiger partial charge is 0.308 e. The average Bonchev–Trinajstić information content (AvgIpc) is 2.94. The molecule has 1 heterocycles. The Morgan fingerprint density at radius 2 is 1.89 bits per heavy atom. The molecule has 0 saturated carbocycles. The minimum Gasteiger partial charge on any atom is -0.481 e. The Labute approximate surface area is 162 Å². The molecule has 1 atom stereocenters. The number of aromatic nitrogens is 1. The third kappa shape index (κ3) is 3.90. The molecule has 1 aromatic heterocycles. The number of nitrogens with one attached hydrogen (secondary N) is 1. The molecule has 3 aromatic rings. The van der Waals surface area contributed by atoms with Crippen molar-refractivity contribution < 1.29 is 9.53 Å². The Bertz CT molecular complexity index is 1050. The molecule has 0 spiro atoms. The van der Waals surface area contributed by atoms with Crippen LogP contribution < -0.4 is 14.9 Å². The molecule has 0 aliphatic carbocycles. The van der Waals surface area contributed by atoms with Crippen molar-refractivity contribution in [3.05, 3.63) is 57.2 Å². The number of rotatable bonds is 5. The van der Waals surface area contributed by atoms with Crippen LogP contribution >= 0.6 is 11.3 Å². The van der Waals surface area contributed by atoms with Gasteiger partial charge in [-0.15, -0.1) is 0 Å². The first-order chi connectivity index (χ1) is 12.8. The molecule has 0 unspecified atom stereocenters. The first-order valence-electron chi connectivity index (χ1n) is 8.96. The van der Waals surface area contributed by atoms with Gasteiger partial charge in [-0.25, -0.2) is 0 Å². The lowest BCUT2D eigenvalue weighted by Gasteiger charge is -2.17. The highest BCUT2D eigenvalue weighted by molar-refractivity contribution is 7.16. The SMILES string of the molecule is Cc1cccc(O[C@@H](C)C(=O)Nc2ccc3c(c2)sc(=O)n3C(C)C)c1C. The lowest BCUT2D eigenvalue weighted by molar-refractivity contribution is -0.122. The number of carbonyl (C=O) groups excluding carboxylic acids is 1. The number of fused-ring (bicyclic) bond motifs is 1. The predicted octanol–water partition coefficient (Wildman–Crippen LogP) is 4.67. The van der Waals surface area contributed by atoms with E-state index in [1.165, 1.54) is 11.3 Å². The Balaban J connectivity index is 1.77. The minimum atomic E-state index is -0.639. The summed E-state index contributed by atoms with van der Waals surface area (Å²) < 4.78 is 8.46. The molecule has 5 nitrogen and oxygen atoms in total. The van der Waals surface area contributed by atoms with Gasteiger partial charge in [0.1, 0.15) is 5.75 Å². The van der Waals surface area contributed by atoms with E-state index in [2.05, 4.69) is 5.32 Å². The second-order valence-corrected chi connectivity index (χ2v) is 7.95. The van der Waals surface area contributed by atoms with Gasteiger partial charge in [-0.3, -0.25) is 14.2 Å². The zero-order valence-electron chi connectivity index (χ0n) is 16.2. The third-order valence-corrected chi connectivity index (χ3v) is 5.54. The molecule has 3 rings (SSSR count). The number of anilines is 1. The number of carbonyl (C=O) groups is 1. The number of nitrogens with zero attached hydrogens (tertiary/aromatic N) is 1. The van der Waals surface area contributed by atoms with Crippen LogP contribution in [0.15, 0.2) is 41.2 Å². The van der Waals surface area contributed by atoms with Crippen LogP contribution in [-0.2, 0) is 4.79 Å². The molecule has 0 bridgehead atoms. The fourth-order valence-electron chi connectivity index (χ4n) is 2.94. The Morgan fingerprint density at radius 1 is 1.15 bits per heavy atom. The summed E-state index contributed by atoms with van der Waals surface area (Å²) in [5.74, 6) is 0.478. The second-order valence-electron chi connectivity index (χ2n) is 6.96. The summed E-state index contributed by atoms with van der Waals surface area (Å²) in [4.78, 5) is 24.7. The summed E-state index contributed by atoms with van der Waals surface area (Å²) in [5.41, 5.74) is 3.69. The van der Waals surface area contributed by atoms with Crippen molar-refractivity contribution in [2.75, 3.05) is 5.32 Å². The topological polar surface area (TPSA) is 60.3 Å². The molecule has 0 aliphatic heterocycles. The molecule has 0 radical (unpaired) electrons. The van der Waals surface area contributed by atoms with E-state index in [4.69, 9.17) is 4.74 Å². The van der Waals surface area contributed by atoms with Gasteiger partial charge in [0.25, 0.3) is 5.91 Å². The Morgan fingerprint density at radius 3 is 2.59 bits per heavy atom. The third-order valence-electron chi connectivity index (χ3n) is 4.63. The molecule has 0 saturated heterocycles. The van der Waals surface area contributed by atoms with Crippen LogP contribution in [0.4, 0.5) is 5.69 Å². The molecule has 2 aromatic carbocycles. The zero-order valence-corrected chi connectivity index (χ0v) is 17.0. The highest BCUT2D eigenvalue weighted by atomic mass is 32.1. The fraction of sp³-hybridized carbons (Fsp3) is 0.333. The maximum Gasteiger partial charge on any atom is 0.308 e. The fourth-order valence-corrected chi connectivity index (χ4v) is 4.00. The van der Waals surface area contributed by atoms with Gasteiger partial charge in [0.05, 0.1) is 10.2 Å². The molecular weight excluding hydrogens is 360 g/mol. The van der Waals surface area contributed by atoms with E-state index in [0.29, 0.717) is 11.4 Å². The number of thiazole rings is 1. The summed E-state index contributed by atoms with van der Waals surface area (Å²) in [6, 6.07) is 11.4. The van der Waals surface area contributed by atoms with E-state index in [1.807, 2.05) is 64.1 Å². The first-order valence-corrected chi connectivity index (χ1v) is 9.78. The van der Waals surface area contributed by atoms with Crippen LogP contribution in [0.2, 0.25) is 0 Å². The lowest BCUT2D eigenvalue weighted by atomic mass is 10.1. The highest BCUT2D eigenvalue weighted by Crippen LogP contribution is 2.25. The summed E-state index contributed by atoms with van der Waals surface area (Å²) >= 11 is 1.19. The number of aryl methyl sites for hydroxylation is 1. The van der Waals surface area contributed by atoms with Crippen molar-refractivity contribution in [3.8, 4) is 5.75 Å². The van der Waals surface area contributed by atoms with Crippen LogP contribution in [0.5, 0.6) is 5.75 Å². The van der Waals surface area contributed by atoms with Gasteiger partial charge < -0.3 is 10.1 Å². The molecule has 0 fully saturated rings. The minimum absolute atomic E-state index is 0.00935. The van der Waals surface area contributed by atoms with E-state index in [-0.39, 0.29) is 16.8 Å². The van der Waals surface area contributed by atoms with Crippen molar-refractivity contribution in [1.82, 2.24) is 4.57 Å². The van der Waals surface area contributed by atoms with Crippen molar-refractivity contribution >= 4 is 33.1 Å². The van der Waals surface area contributed by atoms with Gasteiger partial charge in [0, 0.05) is 11.7 Å². The maximum atomic E-state index is 12.5. The predicted molar refractivity (Wildman–Crippen MR) is 111 cm³/mol. The van der Waals surface area contributed by atoms with Gasteiger partial charge in [0.2, 0.25) is 0 Å². The zero-order chi connectivity index (χ0) is 19.7. The molecular formula is C21H24N2O3S. The van der Waals surface area contributed by atoms with Gasteiger partial charge in [-0.2, -0.15) is 0 Å². The Hall–Kier alpha value is -2.60. The first kappa shape index (κ1) is 19.2. The van der Waals surface area contributed by atoms with Crippen LogP contribution in [0, 0.1) is 13.8 Å². The molecule has 27 heavy (non-hydrogen) atoms. The van der Waals surface area contributed by atoms with Crippen molar-refractivity contribution in [3.63, 3.8) is 0 Å². The van der Waals surface area contributed by atoms with Crippen molar-refractivity contribution in [1.29, 1.82) is 0 Å². The van der Waals surface area contributed by atoms with E-state index >= 15 is 0 Å². The molecule has 6 heteroatoms. The van der Waals surface area contributed by atoms with Gasteiger partial charge in [-0.1, -0.05) is 23.5 Å². The van der Waals surface area contributed by atoms with Gasteiger partial charge >= 0.3 is 4.87 Å². The number of benzene rings is 2. The number of hydrogen-bond donors (Lipinski definition) is 1. The van der Waals surface area contributed by atoms with Crippen molar-refractivity contribution in [2.45, 2.75) is 46.8 Å². The number of ether oxygens (including phenoxy) is 1. The standard InChI is InChI=1S/C21H24N2O3S/c1-12(2)23-17-10-9-16(11-19(17)27-21(23)25)22-20(24)15(5)26-18-8-6-7-13(3)14(18)4/h6-12,15H,1-5H3,(H,22,24)/t15-/m0/s1. The van der Waals surface area contributed by atoms with E-state index in [0.717, 1.165) is 21.3 Å². The summed E-state index contributed by atoms with van der Waals surface area (Å²) in [6.45, 7) is 9.68. The maximum absolute atomic E-state index is 12.5. The van der Waals surface area contributed by atoms with Crippen LogP contribution in [0.25, 0.3) is 10.2 Å². The Kier molecular flexibility index (Phi) is 5.37. The van der Waals surface area contributed by atoms with E-state index in [1.54, 1.807) is 11.5 Å². The van der Waals surface area contributed by atoms with Crippen LogP contribution in [0.3, 0.4) is 0 Å². The monoisotopic (exact) mass is 384 g/mol. The molecule has 142 valence electrons. The van der Waals surface area contributed by atoms with Crippen molar-refractivity contribution in [2.24, 2.45) is 0 Å². The summed E-state index contributed by atoms with van der Waals surface area (Å²) in [7, 11) is 0. The molecule has 1 amide bonds. The number of hydrogen-bond acceptors (Lipinski definition) is 4. The second kappa shape index (κ2) is 7.56.